The third kappa shape index (κ3) is 2.13. The number of fused-ring (bicyclic) bond motifs is 1. The van der Waals surface area contributed by atoms with Gasteiger partial charge in [0.05, 0.1) is 11.0 Å². The maximum atomic E-state index is 12.5. The van der Waals surface area contributed by atoms with Gasteiger partial charge in [-0.25, -0.2) is 4.79 Å². The maximum absolute atomic E-state index is 12.5. The summed E-state index contributed by atoms with van der Waals surface area (Å²) in [6, 6.07) is 11.9. The quantitative estimate of drug-likeness (QED) is 0.728. The van der Waals surface area contributed by atoms with Gasteiger partial charge in [-0.15, -0.1) is 0 Å². The Hall–Kier alpha value is -2.36. The lowest BCUT2D eigenvalue weighted by Gasteiger charge is -2.03. The zero-order chi connectivity index (χ0) is 13.9. The van der Waals surface area contributed by atoms with Crippen LogP contribution < -0.4 is 5.69 Å². The number of imidazole rings is 1. The molecule has 0 aliphatic carbocycles. The van der Waals surface area contributed by atoms with Crippen LogP contribution in [0.3, 0.4) is 0 Å². The van der Waals surface area contributed by atoms with Crippen LogP contribution in [0.5, 0.6) is 0 Å². The van der Waals surface area contributed by atoms with Gasteiger partial charge < -0.3 is 0 Å². The first kappa shape index (κ1) is 12.7. The van der Waals surface area contributed by atoms with E-state index >= 15 is 0 Å². The fourth-order valence-corrected chi connectivity index (χ4v) is 2.58. The predicted octanol–water partition coefficient (Wildman–Crippen LogP) is 2.46. The monoisotopic (exact) mass is 267 g/mol. The van der Waals surface area contributed by atoms with Crippen molar-refractivity contribution in [1.29, 1.82) is 0 Å². The number of hydrogen-bond acceptors (Lipinski definition) is 2. The van der Waals surface area contributed by atoms with Crippen LogP contribution in [0.25, 0.3) is 11.0 Å². The van der Waals surface area contributed by atoms with E-state index in [2.05, 4.69) is 4.98 Å². The van der Waals surface area contributed by atoms with E-state index in [0.717, 1.165) is 17.5 Å². The molecule has 2 aromatic heterocycles. The van der Waals surface area contributed by atoms with E-state index in [-0.39, 0.29) is 5.69 Å². The summed E-state index contributed by atoms with van der Waals surface area (Å²) in [6.07, 6.45) is 4.40. The van der Waals surface area contributed by atoms with Gasteiger partial charge in [-0.1, -0.05) is 12.1 Å². The molecule has 102 valence electrons. The molecule has 0 amide bonds. The number of para-hydroxylation sites is 2. The fourth-order valence-electron chi connectivity index (χ4n) is 2.58. The van der Waals surface area contributed by atoms with Crippen LogP contribution in [0.4, 0.5) is 0 Å². The normalized spacial score (nSPS) is 11.1. The van der Waals surface area contributed by atoms with Crippen LogP contribution in [0.2, 0.25) is 0 Å². The smallest absolute Gasteiger partial charge is 0.292 e. The summed E-state index contributed by atoms with van der Waals surface area (Å²) in [4.78, 5) is 16.5. The summed E-state index contributed by atoms with van der Waals surface area (Å²) in [5.41, 5.74) is 3.28. The summed E-state index contributed by atoms with van der Waals surface area (Å²) in [5.74, 6) is 0. The molecule has 0 N–H and O–H groups in total. The molecule has 0 atom stereocenters. The summed E-state index contributed by atoms with van der Waals surface area (Å²) in [5, 5.41) is 0. The lowest BCUT2D eigenvalue weighted by molar-refractivity contribution is 0.640. The third-order valence-electron chi connectivity index (χ3n) is 3.61. The zero-order valence-corrected chi connectivity index (χ0v) is 11.5. The molecule has 0 spiro atoms. The average molecular weight is 267 g/mol. The molecule has 4 nitrogen and oxygen atoms in total. The number of aryl methyl sites for hydroxylation is 3. The zero-order valence-electron chi connectivity index (χ0n) is 11.5. The summed E-state index contributed by atoms with van der Waals surface area (Å²) < 4.78 is 3.68. The molecule has 0 bridgehead atoms. The van der Waals surface area contributed by atoms with Gasteiger partial charge in [0.15, 0.2) is 0 Å². The molecule has 0 saturated heterocycles. The van der Waals surface area contributed by atoms with Crippen LogP contribution in [-0.4, -0.2) is 14.1 Å². The second kappa shape index (κ2) is 5.33. The van der Waals surface area contributed by atoms with Crippen LogP contribution in [0.1, 0.15) is 12.5 Å². The largest absolute Gasteiger partial charge is 0.329 e. The SMILES string of the molecule is CCn1c(=O)n(CCc2ccncc2)c2ccccc21. The third-order valence-corrected chi connectivity index (χ3v) is 3.61. The van der Waals surface area contributed by atoms with Crippen molar-refractivity contribution in [2.75, 3.05) is 0 Å². The molecule has 0 saturated carbocycles. The lowest BCUT2D eigenvalue weighted by Crippen LogP contribution is -2.24. The Balaban J connectivity index is 1.99. The molecule has 0 aliphatic heterocycles. The van der Waals surface area contributed by atoms with E-state index in [4.69, 9.17) is 0 Å². The summed E-state index contributed by atoms with van der Waals surface area (Å²) in [6.45, 7) is 3.39. The molecule has 4 heteroatoms. The van der Waals surface area contributed by atoms with Crippen molar-refractivity contribution in [1.82, 2.24) is 14.1 Å². The molecule has 1 aromatic carbocycles. The molecule has 3 aromatic rings. The topological polar surface area (TPSA) is 39.8 Å². The Kier molecular flexibility index (Phi) is 3.37. The van der Waals surface area contributed by atoms with Crippen molar-refractivity contribution in [2.45, 2.75) is 26.4 Å². The molecule has 0 fully saturated rings. The van der Waals surface area contributed by atoms with Crippen LogP contribution >= 0.6 is 0 Å². The molecule has 3 rings (SSSR count). The first-order valence-electron chi connectivity index (χ1n) is 6.88. The first-order chi connectivity index (χ1) is 9.81. The van der Waals surface area contributed by atoms with Crippen molar-refractivity contribution in [3.05, 3.63) is 64.8 Å². The van der Waals surface area contributed by atoms with Gasteiger partial charge in [-0.05, 0) is 43.2 Å². The van der Waals surface area contributed by atoms with Gasteiger partial charge in [0, 0.05) is 25.5 Å². The van der Waals surface area contributed by atoms with Crippen molar-refractivity contribution in [3.63, 3.8) is 0 Å². The second-order valence-electron chi connectivity index (χ2n) is 4.77. The first-order valence-corrected chi connectivity index (χ1v) is 6.88. The number of rotatable bonds is 4. The van der Waals surface area contributed by atoms with E-state index < -0.39 is 0 Å². The Labute approximate surface area is 117 Å². The molecule has 0 unspecified atom stereocenters. The van der Waals surface area contributed by atoms with E-state index in [0.29, 0.717) is 13.1 Å². The Morgan fingerprint density at radius 1 is 1.00 bits per heavy atom. The van der Waals surface area contributed by atoms with Crippen molar-refractivity contribution in [3.8, 4) is 0 Å². The van der Waals surface area contributed by atoms with Crippen LogP contribution in [0, 0.1) is 0 Å². The molecular weight excluding hydrogens is 250 g/mol. The Morgan fingerprint density at radius 2 is 1.65 bits per heavy atom. The minimum atomic E-state index is 0.0720. The molecule has 0 aliphatic rings. The van der Waals surface area contributed by atoms with E-state index in [1.807, 2.05) is 52.5 Å². The summed E-state index contributed by atoms with van der Waals surface area (Å²) in [7, 11) is 0. The Morgan fingerprint density at radius 3 is 2.30 bits per heavy atom. The standard InChI is InChI=1S/C16H17N3O/c1-2-18-14-5-3-4-6-15(14)19(16(18)20)12-9-13-7-10-17-11-8-13/h3-8,10-11H,2,9,12H2,1H3. The average Bonchev–Trinajstić information content (AvgIpc) is 2.77. The highest BCUT2D eigenvalue weighted by Crippen LogP contribution is 2.13. The molecule has 0 radical (unpaired) electrons. The van der Waals surface area contributed by atoms with E-state index in [1.54, 1.807) is 12.4 Å². The van der Waals surface area contributed by atoms with Gasteiger partial charge in [0.25, 0.3) is 0 Å². The van der Waals surface area contributed by atoms with E-state index in [9.17, 15) is 4.79 Å². The van der Waals surface area contributed by atoms with Crippen LogP contribution in [-0.2, 0) is 19.5 Å². The number of benzene rings is 1. The van der Waals surface area contributed by atoms with Gasteiger partial charge >= 0.3 is 5.69 Å². The number of pyridine rings is 1. The number of aromatic nitrogens is 3. The highest BCUT2D eigenvalue weighted by atomic mass is 16.1. The van der Waals surface area contributed by atoms with Crippen LogP contribution in [0.15, 0.2) is 53.6 Å². The molecule has 20 heavy (non-hydrogen) atoms. The van der Waals surface area contributed by atoms with E-state index in [1.165, 1.54) is 5.56 Å². The van der Waals surface area contributed by atoms with Gasteiger partial charge in [-0.3, -0.25) is 14.1 Å². The fraction of sp³-hybridized carbons (Fsp3) is 0.250. The molecular formula is C16H17N3O. The number of nitrogens with zero attached hydrogens (tertiary/aromatic N) is 3. The highest BCUT2D eigenvalue weighted by Gasteiger charge is 2.10. The lowest BCUT2D eigenvalue weighted by atomic mass is 10.2. The summed E-state index contributed by atoms with van der Waals surface area (Å²) >= 11 is 0. The highest BCUT2D eigenvalue weighted by molar-refractivity contribution is 5.75. The number of hydrogen-bond donors (Lipinski definition) is 0. The molecule has 2 heterocycles. The minimum Gasteiger partial charge on any atom is -0.292 e. The van der Waals surface area contributed by atoms with Crippen molar-refractivity contribution in [2.24, 2.45) is 0 Å². The van der Waals surface area contributed by atoms with Gasteiger partial charge in [-0.2, -0.15) is 0 Å². The Bertz CT molecular complexity index is 771. The minimum absolute atomic E-state index is 0.0720. The maximum Gasteiger partial charge on any atom is 0.329 e. The second-order valence-corrected chi connectivity index (χ2v) is 4.77. The van der Waals surface area contributed by atoms with Crippen molar-refractivity contribution < 1.29 is 0 Å². The predicted molar refractivity (Wildman–Crippen MR) is 79.8 cm³/mol. The van der Waals surface area contributed by atoms with Crippen molar-refractivity contribution >= 4 is 11.0 Å². The van der Waals surface area contributed by atoms with Gasteiger partial charge in [0.1, 0.15) is 0 Å². The van der Waals surface area contributed by atoms with Gasteiger partial charge in [0.2, 0.25) is 0 Å².